The number of carbonyl (C=O) groups excluding carboxylic acids is 1. The molecule has 2 unspecified atom stereocenters. The van der Waals surface area contributed by atoms with Gasteiger partial charge in [0, 0.05) is 31.0 Å². The molecule has 0 spiro atoms. The van der Waals surface area contributed by atoms with Crippen LogP contribution < -0.4 is 21.3 Å². The fourth-order valence-electron chi connectivity index (χ4n) is 5.26. The Kier molecular flexibility index (Phi) is 7.50. The van der Waals surface area contributed by atoms with E-state index in [1.807, 2.05) is 4.90 Å². The second kappa shape index (κ2) is 10.5. The number of morpholine rings is 1. The highest BCUT2D eigenvalue weighted by molar-refractivity contribution is 5.98. The molecule has 4 rings (SSSR count). The van der Waals surface area contributed by atoms with Crippen LogP contribution in [0.15, 0.2) is 24.4 Å². The molecule has 1 aromatic carbocycles. The Morgan fingerprint density at radius 2 is 1.97 bits per heavy atom. The summed E-state index contributed by atoms with van der Waals surface area (Å²) in [5.74, 6) is 1.31. The first-order valence-corrected chi connectivity index (χ1v) is 12.2. The Labute approximate surface area is 200 Å². The van der Waals surface area contributed by atoms with Crippen molar-refractivity contribution in [2.75, 3.05) is 41.8 Å². The molecule has 2 aromatic rings. The first-order chi connectivity index (χ1) is 16.4. The number of halogens is 1. The fraction of sp³-hybridized carbons (Fsp3) is 0.560. The van der Waals surface area contributed by atoms with Crippen molar-refractivity contribution in [2.24, 2.45) is 23.5 Å². The molecule has 9 heteroatoms. The molecule has 8 nitrogen and oxygen atoms in total. The van der Waals surface area contributed by atoms with E-state index in [0.29, 0.717) is 61.4 Å². The molecule has 0 radical (unpaired) electrons. The van der Waals surface area contributed by atoms with E-state index < -0.39 is 5.91 Å². The van der Waals surface area contributed by atoms with Crippen LogP contribution in [0.4, 0.5) is 27.5 Å². The van der Waals surface area contributed by atoms with Crippen LogP contribution in [0.5, 0.6) is 0 Å². The number of amides is 1. The summed E-state index contributed by atoms with van der Waals surface area (Å²) in [6, 6.07) is 5.14. The van der Waals surface area contributed by atoms with Gasteiger partial charge < -0.3 is 26.0 Å². The van der Waals surface area contributed by atoms with Crippen molar-refractivity contribution in [3.8, 4) is 0 Å². The van der Waals surface area contributed by atoms with Crippen molar-refractivity contribution in [2.45, 2.75) is 46.1 Å². The number of benzene rings is 1. The zero-order valence-electron chi connectivity index (χ0n) is 20.2. The summed E-state index contributed by atoms with van der Waals surface area (Å²) < 4.78 is 20.2. The Hall–Kier alpha value is -2.94. The van der Waals surface area contributed by atoms with Crippen LogP contribution in [-0.2, 0) is 4.74 Å². The third kappa shape index (κ3) is 5.24. The van der Waals surface area contributed by atoms with Gasteiger partial charge in [-0.15, -0.1) is 0 Å². The summed E-state index contributed by atoms with van der Waals surface area (Å²) in [5, 5.41) is 6.58. The Morgan fingerprint density at radius 3 is 2.65 bits per heavy atom. The average molecular weight is 471 g/mol. The number of aromatic nitrogens is 2. The van der Waals surface area contributed by atoms with Crippen LogP contribution in [0.3, 0.4) is 0 Å². The molecule has 184 valence electrons. The summed E-state index contributed by atoms with van der Waals surface area (Å²) in [7, 11) is 0. The lowest BCUT2D eigenvalue weighted by Crippen LogP contribution is -2.42. The normalized spacial score (nSPS) is 25.1. The van der Waals surface area contributed by atoms with E-state index in [1.165, 1.54) is 18.7 Å². The number of anilines is 4. The monoisotopic (exact) mass is 470 g/mol. The maximum atomic E-state index is 14.9. The van der Waals surface area contributed by atoms with Crippen molar-refractivity contribution in [3.63, 3.8) is 0 Å². The molecule has 1 saturated heterocycles. The smallest absolute Gasteiger partial charge is 0.254 e. The van der Waals surface area contributed by atoms with Crippen molar-refractivity contribution in [3.05, 3.63) is 35.8 Å². The van der Waals surface area contributed by atoms with E-state index in [0.717, 1.165) is 12.8 Å². The molecule has 2 heterocycles. The molecule has 1 amide bonds. The molecule has 4 N–H and O–H groups in total. The van der Waals surface area contributed by atoms with Crippen molar-refractivity contribution in [1.29, 1.82) is 0 Å². The first-order valence-electron chi connectivity index (χ1n) is 12.2. The van der Waals surface area contributed by atoms with Gasteiger partial charge in [0.15, 0.2) is 0 Å². The number of ether oxygens (including phenoxy) is 1. The summed E-state index contributed by atoms with van der Waals surface area (Å²) in [5.41, 5.74) is 6.73. The van der Waals surface area contributed by atoms with E-state index in [1.54, 1.807) is 12.1 Å². The largest absolute Gasteiger partial charge is 0.378 e. The Bertz CT molecular complexity index is 1010. The third-order valence-electron chi connectivity index (χ3n) is 7.27. The topological polar surface area (TPSA) is 105 Å². The average Bonchev–Trinajstić information content (AvgIpc) is 2.82. The predicted molar refractivity (Wildman–Crippen MR) is 132 cm³/mol. The molecule has 1 aromatic heterocycles. The maximum absolute atomic E-state index is 14.9. The van der Waals surface area contributed by atoms with Gasteiger partial charge in [0.05, 0.1) is 18.9 Å². The number of nitrogens with zero attached hydrogens (tertiary/aromatic N) is 3. The standard InChI is InChI=1S/C25H35FN6O2/c1-4-18-15(2)5-6-16(3)22(18)30-25-28-14-19(23(27)33)24(31-25)29-17-7-8-21(20(26)13-17)32-9-11-34-12-10-32/h7-8,13-16,18,22H,4-6,9-12H2,1-3H3,(H2,27,33)(H2,28,29,30,31)/t15?,16?,18-,22+/m0/s1. The molecular formula is C25H35FN6O2. The van der Waals surface area contributed by atoms with E-state index in [4.69, 9.17) is 10.5 Å². The molecule has 34 heavy (non-hydrogen) atoms. The molecule has 1 saturated carbocycles. The van der Waals surface area contributed by atoms with Gasteiger partial charge in [0.1, 0.15) is 17.2 Å². The van der Waals surface area contributed by atoms with E-state index in [2.05, 4.69) is 41.4 Å². The van der Waals surface area contributed by atoms with Crippen LogP contribution in [0, 0.1) is 23.6 Å². The molecule has 1 aliphatic heterocycles. The summed E-state index contributed by atoms with van der Waals surface area (Å²) in [4.78, 5) is 22.9. The van der Waals surface area contributed by atoms with E-state index in [-0.39, 0.29) is 23.2 Å². The predicted octanol–water partition coefficient (Wildman–Crippen LogP) is 4.17. The van der Waals surface area contributed by atoms with Gasteiger partial charge in [-0.1, -0.05) is 33.6 Å². The SMILES string of the molecule is CC[C@H]1C(C)CCC(C)[C@H]1Nc1ncc(C(N)=O)c(Nc2ccc(N3CCOCC3)c(F)c2)n1. The van der Waals surface area contributed by atoms with Crippen LogP contribution in [0.2, 0.25) is 0 Å². The minimum Gasteiger partial charge on any atom is -0.378 e. The van der Waals surface area contributed by atoms with Gasteiger partial charge in [0.25, 0.3) is 5.91 Å². The van der Waals surface area contributed by atoms with Gasteiger partial charge in [-0.2, -0.15) is 4.98 Å². The second-order valence-electron chi connectivity index (χ2n) is 9.48. The van der Waals surface area contributed by atoms with Gasteiger partial charge in [-0.25, -0.2) is 9.37 Å². The molecule has 2 fully saturated rings. The lowest BCUT2D eigenvalue weighted by Gasteiger charge is -2.41. The van der Waals surface area contributed by atoms with Crippen molar-refractivity contribution >= 4 is 29.0 Å². The van der Waals surface area contributed by atoms with E-state index >= 15 is 0 Å². The highest BCUT2D eigenvalue weighted by Crippen LogP contribution is 2.37. The molecule has 0 bridgehead atoms. The lowest BCUT2D eigenvalue weighted by molar-refractivity contribution is 0.100. The Balaban J connectivity index is 1.57. The number of nitrogens with two attached hydrogens (primary N) is 1. The molecule has 1 aliphatic carbocycles. The van der Waals surface area contributed by atoms with Crippen LogP contribution in [-0.4, -0.2) is 48.2 Å². The summed E-state index contributed by atoms with van der Waals surface area (Å²) in [6.45, 7) is 9.22. The molecular weight excluding hydrogens is 435 g/mol. The number of nitrogens with one attached hydrogen (secondary N) is 2. The van der Waals surface area contributed by atoms with Gasteiger partial charge in [-0.3, -0.25) is 4.79 Å². The van der Waals surface area contributed by atoms with Crippen molar-refractivity contribution < 1.29 is 13.9 Å². The van der Waals surface area contributed by atoms with Crippen molar-refractivity contribution in [1.82, 2.24) is 9.97 Å². The summed E-state index contributed by atoms with van der Waals surface area (Å²) >= 11 is 0. The molecule has 4 atom stereocenters. The quantitative estimate of drug-likeness (QED) is 0.558. The third-order valence-corrected chi connectivity index (χ3v) is 7.27. The lowest BCUT2D eigenvalue weighted by atomic mass is 9.70. The zero-order chi connectivity index (χ0) is 24.2. The maximum Gasteiger partial charge on any atom is 0.254 e. The number of rotatable bonds is 7. The van der Waals surface area contributed by atoms with Gasteiger partial charge in [0.2, 0.25) is 5.95 Å². The van der Waals surface area contributed by atoms with Crippen LogP contribution in [0.25, 0.3) is 0 Å². The number of hydrogen-bond donors (Lipinski definition) is 3. The molecule has 2 aliphatic rings. The summed E-state index contributed by atoms with van der Waals surface area (Å²) in [6.07, 6.45) is 4.87. The first kappa shape index (κ1) is 24.2. The van der Waals surface area contributed by atoms with E-state index in [9.17, 15) is 9.18 Å². The zero-order valence-corrected chi connectivity index (χ0v) is 20.2. The van der Waals surface area contributed by atoms with Gasteiger partial charge in [-0.05, 0) is 42.4 Å². The highest BCUT2D eigenvalue weighted by atomic mass is 19.1. The van der Waals surface area contributed by atoms with Crippen LogP contribution in [0.1, 0.15) is 50.4 Å². The Morgan fingerprint density at radius 1 is 1.24 bits per heavy atom. The fourth-order valence-corrected chi connectivity index (χ4v) is 5.26. The minimum atomic E-state index is -0.648. The van der Waals surface area contributed by atoms with Gasteiger partial charge >= 0.3 is 0 Å². The number of carbonyl (C=O) groups is 1. The minimum absolute atomic E-state index is 0.153. The van der Waals surface area contributed by atoms with Crippen LogP contribution >= 0.6 is 0 Å². The number of hydrogen-bond acceptors (Lipinski definition) is 7. The number of primary amides is 1. The second-order valence-corrected chi connectivity index (χ2v) is 9.48. The highest BCUT2D eigenvalue weighted by Gasteiger charge is 2.34.